The monoisotopic (exact) mass is 344 g/mol. The van der Waals surface area contributed by atoms with Crippen molar-refractivity contribution in [3.8, 4) is 0 Å². The molecule has 1 aliphatic rings. The maximum Gasteiger partial charge on any atom is 0.0554 e. The molecule has 1 aliphatic heterocycles. The zero-order chi connectivity index (χ0) is 16.4. The zero-order valence-electron chi connectivity index (χ0n) is 13.4. The molecule has 0 aromatic heterocycles. The molecule has 3 rings (SSSR count). The summed E-state index contributed by atoms with van der Waals surface area (Å²) in [6, 6.07) is 16.5. The van der Waals surface area contributed by atoms with E-state index in [1.54, 1.807) is 11.9 Å². The molecule has 0 saturated carbocycles. The van der Waals surface area contributed by atoms with Gasteiger partial charge in [0.2, 0.25) is 0 Å². The SMILES string of the molecule is CC(C)(N)CCC1=C(c2ccccc2)NSc2ccc(Cl)cc21. The first-order chi connectivity index (χ1) is 10.9. The van der Waals surface area contributed by atoms with E-state index in [-0.39, 0.29) is 5.54 Å². The summed E-state index contributed by atoms with van der Waals surface area (Å²) in [7, 11) is 0. The third-order valence-electron chi connectivity index (χ3n) is 3.91. The van der Waals surface area contributed by atoms with E-state index < -0.39 is 0 Å². The van der Waals surface area contributed by atoms with E-state index >= 15 is 0 Å². The smallest absolute Gasteiger partial charge is 0.0554 e. The summed E-state index contributed by atoms with van der Waals surface area (Å²) < 4.78 is 3.51. The first-order valence-corrected chi connectivity index (χ1v) is 8.94. The molecule has 2 aromatic carbocycles. The lowest BCUT2D eigenvalue weighted by Gasteiger charge is -2.27. The van der Waals surface area contributed by atoms with Gasteiger partial charge in [-0.25, -0.2) is 0 Å². The van der Waals surface area contributed by atoms with Crippen LogP contribution in [0.5, 0.6) is 0 Å². The Kier molecular flexibility index (Phi) is 4.72. The molecule has 0 spiro atoms. The van der Waals surface area contributed by atoms with Crippen LogP contribution in [0.3, 0.4) is 0 Å². The molecule has 3 N–H and O–H groups in total. The molecule has 0 atom stereocenters. The van der Waals surface area contributed by atoms with Crippen LogP contribution in [-0.2, 0) is 0 Å². The standard InChI is InChI=1S/C19H21ClN2S/c1-19(2,21)11-10-15-16-12-14(20)8-9-17(16)23-22-18(15)13-6-4-3-5-7-13/h3-9,12,22H,10-11,21H2,1-2H3. The van der Waals surface area contributed by atoms with Crippen LogP contribution in [0.15, 0.2) is 53.4 Å². The van der Waals surface area contributed by atoms with E-state index in [9.17, 15) is 0 Å². The molecule has 120 valence electrons. The largest absolute Gasteiger partial charge is 0.326 e. The van der Waals surface area contributed by atoms with Crippen LogP contribution in [0.4, 0.5) is 0 Å². The predicted molar refractivity (Wildman–Crippen MR) is 101 cm³/mol. The molecule has 0 unspecified atom stereocenters. The van der Waals surface area contributed by atoms with E-state index in [1.165, 1.54) is 21.6 Å². The van der Waals surface area contributed by atoms with Crippen LogP contribution in [0.2, 0.25) is 5.02 Å². The van der Waals surface area contributed by atoms with Crippen LogP contribution < -0.4 is 10.5 Å². The van der Waals surface area contributed by atoms with Crippen molar-refractivity contribution in [2.45, 2.75) is 37.1 Å². The first-order valence-electron chi connectivity index (χ1n) is 7.74. The van der Waals surface area contributed by atoms with Gasteiger partial charge in [0.15, 0.2) is 0 Å². The number of halogens is 1. The summed E-state index contributed by atoms with van der Waals surface area (Å²) in [5.41, 5.74) is 10.9. The summed E-state index contributed by atoms with van der Waals surface area (Å²) >= 11 is 7.89. The van der Waals surface area contributed by atoms with Gasteiger partial charge >= 0.3 is 0 Å². The fourth-order valence-corrected chi connectivity index (χ4v) is 3.73. The summed E-state index contributed by atoms with van der Waals surface area (Å²) in [5.74, 6) is 0. The highest BCUT2D eigenvalue weighted by Crippen LogP contribution is 2.41. The van der Waals surface area contributed by atoms with E-state index in [0.717, 1.165) is 23.6 Å². The molecule has 4 heteroatoms. The van der Waals surface area contributed by atoms with Crippen LogP contribution in [0, 0.1) is 0 Å². The van der Waals surface area contributed by atoms with Gasteiger partial charge in [0.1, 0.15) is 0 Å². The summed E-state index contributed by atoms with van der Waals surface area (Å²) in [5, 5.41) is 0.767. The highest BCUT2D eigenvalue weighted by Gasteiger charge is 2.22. The average molecular weight is 345 g/mol. The number of allylic oxidation sites excluding steroid dienone is 1. The Labute approximate surface area is 147 Å². The van der Waals surface area contributed by atoms with Crippen LogP contribution >= 0.6 is 23.5 Å². The second-order valence-electron chi connectivity index (χ2n) is 6.55. The van der Waals surface area contributed by atoms with E-state index in [0.29, 0.717) is 0 Å². The van der Waals surface area contributed by atoms with Crippen molar-refractivity contribution >= 4 is 34.8 Å². The normalized spacial score (nSPS) is 14.4. The van der Waals surface area contributed by atoms with Gasteiger partial charge in [-0.3, -0.25) is 0 Å². The van der Waals surface area contributed by atoms with Crippen molar-refractivity contribution in [2.75, 3.05) is 0 Å². The minimum atomic E-state index is -0.196. The molecule has 0 amide bonds. The van der Waals surface area contributed by atoms with Gasteiger partial charge in [-0.1, -0.05) is 41.9 Å². The number of hydrogen-bond acceptors (Lipinski definition) is 3. The van der Waals surface area contributed by atoms with Crippen molar-refractivity contribution in [3.63, 3.8) is 0 Å². The van der Waals surface area contributed by atoms with E-state index in [4.69, 9.17) is 17.3 Å². The number of fused-ring (bicyclic) bond motifs is 1. The predicted octanol–water partition coefficient (Wildman–Crippen LogP) is 5.34. The lowest BCUT2D eigenvalue weighted by atomic mass is 9.90. The molecule has 0 bridgehead atoms. The van der Waals surface area contributed by atoms with Gasteiger partial charge in [-0.15, -0.1) is 0 Å². The van der Waals surface area contributed by atoms with Crippen molar-refractivity contribution < 1.29 is 0 Å². The molecule has 0 radical (unpaired) electrons. The van der Waals surface area contributed by atoms with Crippen LogP contribution in [-0.4, -0.2) is 5.54 Å². The molecule has 0 fully saturated rings. The van der Waals surface area contributed by atoms with Crippen molar-refractivity contribution in [1.29, 1.82) is 0 Å². The van der Waals surface area contributed by atoms with E-state index in [1.807, 2.05) is 12.1 Å². The number of rotatable bonds is 4. The molecule has 2 aromatic rings. The highest BCUT2D eigenvalue weighted by atomic mass is 35.5. The zero-order valence-corrected chi connectivity index (χ0v) is 15.0. The maximum atomic E-state index is 6.25. The fraction of sp³-hybridized carbons (Fsp3) is 0.263. The van der Waals surface area contributed by atoms with Gasteiger partial charge in [-0.2, -0.15) is 0 Å². The van der Waals surface area contributed by atoms with Gasteiger partial charge < -0.3 is 10.5 Å². The third kappa shape index (κ3) is 3.92. The van der Waals surface area contributed by atoms with E-state index in [2.05, 4.69) is 55.0 Å². The lowest BCUT2D eigenvalue weighted by Crippen LogP contribution is -2.31. The summed E-state index contributed by atoms with van der Waals surface area (Å²) in [6.45, 7) is 4.14. The van der Waals surface area contributed by atoms with Crippen LogP contribution in [0.1, 0.15) is 37.8 Å². The second-order valence-corrected chi connectivity index (χ2v) is 7.84. The summed E-state index contributed by atoms with van der Waals surface area (Å²) in [6.07, 6.45) is 1.82. The summed E-state index contributed by atoms with van der Waals surface area (Å²) in [4.78, 5) is 1.21. The lowest BCUT2D eigenvalue weighted by molar-refractivity contribution is 0.484. The highest BCUT2D eigenvalue weighted by molar-refractivity contribution is 7.98. The quantitative estimate of drug-likeness (QED) is 0.735. The Balaban J connectivity index is 2.09. The number of hydrogen-bond donors (Lipinski definition) is 2. The number of nitrogens with one attached hydrogen (secondary N) is 1. The minimum absolute atomic E-state index is 0.196. The molecule has 1 heterocycles. The van der Waals surface area contributed by atoms with Crippen molar-refractivity contribution in [2.24, 2.45) is 5.73 Å². The molecule has 2 nitrogen and oxygen atoms in total. The topological polar surface area (TPSA) is 38.0 Å². The minimum Gasteiger partial charge on any atom is -0.326 e. The molecule has 23 heavy (non-hydrogen) atoms. The Bertz CT molecular complexity index is 733. The average Bonchev–Trinajstić information content (AvgIpc) is 2.52. The first kappa shape index (κ1) is 16.4. The number of nitrogens with two attached hydrogens (primary N) is 1. The van der Waals surface area contributed by atoms with Gasteiger partial charge in [-0.05, 0) is 73.5 Å². The Morgan fingerprint density at radius 2 is 1.87 bits per heavy atom. The Hall–Kier alpha value is -1.42. The van der Waals surface area contributed by atoms with Crippen molar-refractivity contribution in [1.82, 2.24) is 4.72 Å². The molecule has 0 aliphatic carbocycles. The number of benzene rings is 2. The maximum absolute atomic E-state index is 6.25. The third-order valence-corrected chi connectivity index (χ3v) is 5.03. The van der Waals surface area contributed by atoms with Gasteiger partial charge in [0, 0.05) is 15.5 Å². The molecule has 0 saturated heterocycles. The second kappa shape index (κ2) is 6.60. The Morgan fingerprint density at radius 1 is 1.13 bits per heavy atom. The van der Waals surface area contributed by atoms with Crippen LogP contribution in [0.25, 0.3) is 11.3 Å². The fourth-order valence-electron chi connectivity index (χ4n) is 2.67. The van der Waals surface area contributed by atoms with Gasteiger partial charge in [0.25, 0.3) is 0 Å². The van der Waals surface area contributed by atoms with Gasteiger partial charge in [0.05, 0.1) is 5.70 Å². The van der Waals surface area contributed by atoms with Crippen molar-refractivity contribution in [3.05, 3.63) is 64.7 Å². The Morgan fingerprint density at radius 3 is 2.57 bits per heavy atom. The molecular weight excluding hydrogens is 324 g/mol. The molecular formula is C19H21ClN2S.